The Kier molecular flexibility index (Phi) is 5.11. The van der Waals surface area contributed by atoms with Gasteiger partial charge in [-0.25, -0.2) is 9.59 Å². The minimum absolute atomic E-state index is 0.0132. The molecule has 4 rings (SSSR count). The summed E-state index contributed by atoms with van der Waals surface area (Å²) in [5, 5.41) is 12.0. The lowest BCUT2D eigenvalue weighted by atomic mass is 9.98. The van der Waals surface area contributed by atoms with Gasteiger partial charge in [-0.1, -0.05) is 64.5 Å². The molecule has 29 heavy (non-hydrogen) atoms. The molecule has 0 aromatic heterocycles. The predicted molar refractivity (Wildman–Crippen MR) is 115 cm³/mol. The molecule has 0 saturated heterocycles. The highest BCUT2D eigenvalue weighted by Crippen LogP contribution is 2.44. The van der Waals surface area contributed by atoms with Crippen LogP contribution < -0.4 is 5.32 Å². The molecule has 0 heterocycles. The molecule has 0 spiro atoms. The van der Waals surface area contributed by atoms with Crippen molar-refractivity contribution >= 4 is 33.7 Å². The van der Waals surface area contributed by atoms with Gasteiger partial charge in [-0.05, 0) is 46.9 Å². The van der Waals surface area contributed by atoms with Crippen LogP contribution >= 0.6 is 15.9 Å². The van der Waals surface area contributed by atoms with Gasteiger partial charge < -0.3 is 9.84 Å². The lowest BCUT2D eigenvalue weighted by molar-refractivity contribution is 0.0698. The standard InChI is InChI=1S/C23H18BrNO4/c1-13-20(24)11-10-18(22(26)27)21(13)25-23(28)29-12-19-16-8-4-2-6-14(16)15-7-3-5-9-17(15)19/h2-11,19H,12H2,1H3,(H,25,28)(H,26,27). The zero-order valence-corrected chi connectivity index (χ0v) is 17.2. The van der Waals surface area contributed by atoms with Crippen molar-refractivity contribution in [1.82, 2.24) is 0 Å². The Balaban J connectivity index is 1.55. The molecule has 3 aromatic carbocycles. The van der Waals surface area contributed by atoms with Crippen molar-refractivity contribution in [3.63, 3.8) is 0 Å². The SMILES string of the molecule is Cc1c(Br)ccc(C(=O)O)c1NC(=O)OCC1c2ccccc2-c2ccccc21. The Morgan fingerprint density at radius 2 is 1.59 bits per heavy atom. The quantitative estimate of drug-likeness (QED) is 0.524. The number of carbonyl (C=O) groups is 2. The molecule has 1 aliphatic rings. The maximum Gasteiger partial charge on any atom is 0.411 e. The average molecular weight is 452 g/mol. The third-order valence-electron chi connectivity index (χ3n) is 5.20. The van der Waals surface area contributed by atoms with Gasteiger partial charge in [-0.15, -0.1) is 0 Å². The van der Waals surface area contributed by atoms with Gasteiger partial charge >= 0.3 is 12.1 Å². The summed E-state index contributed by atoms with van der Waals surface area (Å²) in [6.45, 7) is 1.89. The van der Waals surface area contributed by atoms with Gasteiger partial charge in [0.1, 0.15) is 6.61 Å². The number of fused-ring (bicyclic) bond motifs is 3. The van der Waals surface area contributed by atoms with E-state index in [1.54, 1.807) is 13.0 Å². The molecule has 5 nitrogen and oxygen atoms in total. The first kappa shape index (κ1) is 19.2. The van der Waals surface area contributed by atoms with Crippen LogP contribution in [-0.4, -0.2) is 23.8 Å². The number of rotatable bonds is 4. The maximum atomic E-state index is 12.5. The summed E-state index contributed by atoms with van der Waals surface area (Å²) in [7, 11) is 0. The molecule has 0 radical (unpaired) electrons. The Hall–Kier alpha value is -3.12. The number of ether oxygens (including phenoxy) is 1. The topological polar surface area (TPSA) is 75.6 Å². The van der Waals surface area contributed by atoms with Crippen molar-refractivity contribution in [3.05, 3.63) is 87.4 Å². The molecular formula is C23H18BrNO4. The van der Waals surface area contributed by atoms with Crippen molar-refractivity contribution < 1.29 is 19.4 Å². The number of carboxylic acids is 1. The van der Waals surface area contributed by atoms with E-state index in [0.29, 0.717) is 10.0 Å². The highest BCUT2D eigenvalue weighted by molar-refractivity contribution is 9.10. The minimum atomic E-state index is -1.12. The second-order valence-electron chi connectivity index (χ2n) is 6.85. The van der Waals surface area contributed by atoms with E-state index in [4.69, 9.17) is 4.74 Å². The highest BCUT2D eigenvalue weighted by atomic mass is 79.9. The van der Waals surface area contributed by atoms with Gasteiger partial charge in [0.2, 0.25) is 0 Å². The highest BCUT2D eigenvalue weighted by Gasteiger charge is 2.29. The van der Waals surface area contributed by atoms with E-state index in [1.165, 1.54) is 6.07 Å². The van der Waals surface area contributed by atoms with E-state index in [1.807, 2.05) is 36.4 Å². The van der Waals surface area contributed by atoms with Gasteiger partial charge in [0, 0.05) is 10.4 Å². The molecule has 0 atom stereocenters. The van der Waals surface area contributed by atoms with E-state index in [2.05, 4.69) is 33.4 Å². The number of nitrogens with one attached hydrogen (secondary N) is 1. The molecule has 0 bridgehead atoms. The number of hydrogen-bond acceptors (Lipinski definition) is 3. The number of benzene rings is 3. The van der Waals surface area contributed by atoms with Crippen LogP contribution in [-0.2, 0) is 4.74 Å². The molecule has 0 unspecified atom stereocenters. The van der Waals surface area contributed by atoms with E-state index >= 15 is 0 Å². The first-order valence-corrected chi connectivity index (χ1v) is 9.91. The number of amides is 1. The molecule has 0 fully saturated rings. The monoisotopic (exact) mass is 451 g/mol. The normalized spacial score (nSPS) is 12.2. The third kappa shape index (κ3) is 3.51. The van der Waals surface area contributed by atoms with Crippen molar-refractivity contribution in [2.45, 2.75) is 12.8 Å². The number of hydrogen-bond donors (Lipinski definition) is 2. The first-order valence-electron chi connectivity index (χ1n) is 9.11. The van der Waals surface area contributed by atoms with Gasteiger partial charge in [0.25, 0.3) is 0 Å². The fourth-order valence-corrected chi connectivity index (χ4v) is 4.09. The second-order valence-corrected chi connectivity index (χ2v) is 7.70. The largest absolute Gasteiger partial charge is 0.478 e. The summed E-state index contributed by atoms with van der Waals surface area (Å²) in [6, 6.07) is 19.2. The summed E-state index contributed by atoms with van der Waals surface area (Å²) in [4.78, 5) is 24.0. The first-order chi connectivity index (χ1) is 14.0. The Morgan fingerprint density at radius 1 is 1.00 bits per heavy atom. The van der Waals surface area contributed by atoms with Crippen LogP contribution in [0, 0.1) is 6.92 Å². The summed E-state index contributed by atoms with van der Waals surface area (Å²) >= 11 is 3.36. The van der Waals surface area contributed by atoms with Crippen molar-refractivity contribution in [2.24, 2.45) is 0 Å². The summed E-state index contributed by atoms with van der Waals surface area (Å²) in [5.41, 5.74) is 5.39. The zero-order chi connectivity index (χ0) is 20.5. The molecule has 3 aromatic rings. The fourth-order valence-electron chi connectivity index (χ4n) is 3.76. The van der Waals surface area contributed by atoms with Gasteiger partial charge in [0.05, 0.1) is 11.3 Å². The van der Waals surface area contributed by atoms with E-state index in [-0.39, 0.29) is 23.8 Å². The second kappa shape index (κ2) is 7.72. The smallest absolute Gasteiger partial charge is 0.411 e. The maximum absolute atomic E-state index is 12.5. The lowest BCUT2D eigenvalue weighted by Gasteiger charge is -2.16. The number of anilines is 1. The summed E-state index contributed by atoms with van der Waals surface area (Å²) in [5.74, 6) is -1.18. The number of halogens is 1. The van der Waals surface area contributed by atoms with E-state index in [0.717, 1.165) is 22.3 Å². The molecular weight excluding hydrogens is 434 g/mol. The molecule has 2 N–H and O–H groups in total. The Labute approximate surface area is 176 Å². The van der Waals surface area contributed by atoms with Crippen LogP contribution in [0.3, 0.4) is 0 Å². The van der Waals surface area contributed by atoms with Crippen LogP contribution in [0.25, 0.3) is 11.1 Å². The van der Waals surface area contributed by atoms with Crippen LogP contribution in [0.4, 0.5) is 10.5 Å². The molecule has 6 heteroatoms. The Bertz CT molecular complexity index is 1080. The van der Waals surface area contributed by atoms with E-state index in [9.17, 15) is 14.7 Å². The Morgan fingerprint density at radius 3 is 2.17 bits per heavy atom. The predicted octanol–water partition coefficient (Wildman–Crippen LogP) is 5.82. The van der Waals surface area contributed by atoms with Crippen LogP contribution in [0.1, 0.15) is 33.0 Å². The number of carboxylic acid groups (broad SMARTS) is 1. The van der Waals surface area contributed by atoms with Crippen LogP contribution in [0.5, 0.6) is 0 Å². The third-order valence-corrected chi connectivity index (χ3v) is 6.06. The molecule has 0 saturated carbocycles. The molecule has 1 amide bonds. The molecule has 0 aliphatic heterocycles. The van der Waals surface area contributed by atoms with Crippen molar-refractivity contribution in [2.75, 3.05) is 11.9 Å². The number of aromatic carboxylic acids is 1. The summed E-state index contributed by atoms with van der Waals surface area (Å²) in [6.07, 6.45) is -0.685. The van der Waals surface area contributed by atoms with Crippen LogP contribution in [0.15, 0.2) is 65.1 Å². The van der Waals surface area contributed by atoms with Crippen LogP contribution in [0.2, 0.25) is 0 Å². The van der Waals surface area contributed by atoms with Crippen molar-refractivity contribution in [1.29, 1.82) is 0 Å². The average Bonchev–Trinajstić information content (AvgIpc) is 3.03. The fraction of sp³-hybridized carbons (Fsp3) is 0.130. The minimum Gasteiger partial charge on any atom is -0.478 e. The van der Waals surface area contributed by atoms with Gasteiger partial charge in [0.15, 0.2) is 0 Å². The molecule has 146 valence electrons. The van der Waals surface area contributed by atoms with Crippen molar-refractivity contribution in [3.8, 4) is 11.1 Å². The van der Waals surface area contributed by atoms with E-state index < -0.39 is 12.1 Å². The summed E-state index contributed by atoms with van der Waals surface area (Å²) < 4.78 is 6.22. The number of carbonyl (C=O) groups excluding carboxylic acids is 1. The zero-order valence-electron chi connectivity index (χ0n) is 15.6. The molecule has 1 aliphatic carbocycles. The lowest BCUT2D eigenvalue weighted by Crippen LogP contribution is -2.20. The van der Waals surface area contributed by atoms with Gasteiger partial charge in [-0.2, -0.15) is 0 Å². The van der Waals surface area contributed by atoms with Gasteiger partial charge in [-0.3, -0.25) is 5.32 Å².